The van der Waals surface area contributed by atoms with Crippen molar-refractivity contribution in [3.05, 3.63) is 12.7 Å². The average Bonchev–Trinajstić information content (AvgIpc) is 2.19. The second kappa shape index (κ2) is 4.58. The lowest BCUT2D eigenvalue weighted by Gasteiger charge is -2.50. The van der Waals surface area contributed by atoms with E-state index in [0.29, 0.717) is 11.6 Å². The minimum atomic E-state index is -0.0300. The molecule has 0 spiro atoms. The van der Waals surface area contributed by atoms with Gasteiger partial charge in [-0.3, -0.25) is 9.69 Å². The van der Waals surface area contributed by atoms with E-state index in [2.05, 4.69) is 23.7 Å². The number of rotatable bonds is 3. The summed E-state index contributed by atoms with van der Waals surface area (Å²) >= 11 is 0. The quantitative estimate of drug-likeness (QED) is 0.737. The molecule has 1 heterocycles. The van der Waals surface area contributed by atoms with Crippen LogP contribution in [0.3, 0.4) is 0 Å². The maximum atomic E-state index is 11.2. The molecule has 3 heteroatoms. The maximum Gasteiger partial charge on any atom is 0.243 e. The van der Waals surface area contributed by atoms with Gasteiger partial charge in [0.15, 0.2) is 0 Å². The highest BCUT2D eigenvalue weighted by atomic mass is 16.1. The predicted molar refractivity (Wildman–Crippen MR) is 65.2 cm³/mol. The Kier molecular flexibility index (Phi) is 3.33. The van der Waals surface area contributed by atoms with E-state index in [9.17, 15) is 4.79 Å². The van der Waals surface area contributed by atoms with Crippen molar-refractivity contribution >= 4 is 5.91 Å². The van der Waals surface area contributed by atoms with Gasteiger partial charge in [0.05, 0.1) is 0 Å². The number of amides is 1. The Balaban J connectivity index is 1.81. The number of nitrogens with zero attached hydrogens (tertiary/aromatic N) is 1. The second-order valence-electron chi connectivity index (χ2n) is 5.32. The SMILES string of the molecule is C=CC(=O)NC1CCC(C)(N2CCC2)CC1. The second-order valence-corrected chi connectivity index (χ2v) is 5.32. The van der Waals surface area contributed by atoms with Crippen molar-refractivity contribution in [1.82, 2.24) is 10.2 Å². The van der Waals surface area contributed by atoms with E-state index in [1.54, 1.807) is 0 Å². The molecule has 2 fully saturated rings. The minimum absolute atomic E-state index is 0.0300. The van der Waals surface area contributed by atoms with E-state index in [-0.39, 0.29) is 5.91 Å². The third-order valence-corrected chi connectivity index (χ3v) is 4.21. The molecular formula is C13H22N2O. The van der Waals surface area contributed by atoms with Gasteiger partial charge in [-0.15, -0.1) is 0 Å². The Hall–Kier alpha value is -0.830. The summed E-state index contributed by atoms with van der Waals surface area (Å²) in [6, 6.07) is 0.361. The van der Waals surface area contributed by atoms with Crippen LogP contribution in [0.5, 0.6) is 0 Å². The molecule has 2 aliphatic rings. The highest BCUT2D eigenvalue weighted by molar-refractivity contribution is 5.87. The molecule has 16 heavy (non-hydrogen) atoms. The smallest absolute Gasteiger partial charge is 0.243 e. The zero-order valence-corrected chi connectivity index (χ0v) is 10.2. The Morgan fingerprint density at radius 2 is 2.06 bits per heavy atom. The van der Waals surface area contributed by atoms with Gasteiger partial charge in [0.2, 0.25) is 5.91 Å². The molecule has 0 bridgehead atoms. The van der Waals surface area contributed by atoms with Crippen molar-refractivity contribution in [2.45, 2.75) is 50.6 Å². The molecule has 1 aliphatic heterocycles. The van der Waals surface area contributed by atoms with Gasteiger partial charge in [0.1, 0.15) is 0 Å². The van der Waals surface area contributed by atoms with Crippen LogP contribution in [-0.2, 0) is 4.79 Å². The molecule has 2 rings (SSSR count). The Morgan fingerprint density at radius 3 is 2.50 bits per heavy atom. The van der Waals surface area contributed by atoms with E-state index in [4.69, 9.17) is 0 Å². The molecule has 1 amide bonds. The van der Waals surface area contributed by atoms with Gasteiger partial charge in [-0.25, -0.2) is 0 Å². The summed E-state index contributed by atoms with van der Waals surface area (Å²) in [7, 11) is 0. The van der Waals surface area contributed by atoms with Gasteiger partial charge in [-0.05, 0) is 58.2 Å². The first kappa shape index (κ1) is 11.6. The Bertz CT molecular complexity index is 276. The van der Waals surface area contributed by atoms with Crippen molar-refractivity contribution in [3.63, 3.8) is 0 Å². The van der Waals surface area contributed by atoms with E-state index in [0.717, 1.165) is 12.8 Å². The zero-order chi connectivity index (χ0) is 11.6. The fraction of sp³-hybridized carbons (Fsp3) is 0.769. The summed E-state index contributed by atoms with van der Waals surface area (Å²) in [4.78, 5) is 13.8. The molecule has 3 nitrogen and oxygen atoms in total. The van der Waals surface area contributed by atoms with Crippen LogP contribution in [0.25, 0.3) is 0 Å². The summed E-state index contributed by atoms with van der Waals surface area (Å²) in [5.41, 5.74) is 0.396. The molecular weight excluding hydrogens is 200 g/mol. The predicted octanol–water partition coefficient (Wildman–Crippen LogP) is 1.70. The highest BCUT2D eigenvalue weighted by Crippen LogP contribution is 2.36. The fourth-order valence-electron chi connectivity index (χ4n) is 2.82. The van der Waals surface area contributed by atoms with Crippen LogP contribution in [0.4, 0.5) is 0 Å². The summed E-state index contributed by atoms with van der Waals surface area (Å²) in [6.45, 7) is 8.39. The number of nitrogens with one attached hydrogen (secondary N) is 1. The van der Waals surface area contributed by atoms with Crippen LogP contribution in [0.2, 0.25) is 0 Å². The van der Waals surface area contributed by atoms with E-state index in [1.165, 1.54) is 38.4 Å². The van der Waals surface area contributed by atoms with Gasteiger partial charge in [-0.1, -0.05) is 6.58 Å². The van der Waals surface area contributed by atoms with Crippen LogP contribution in [-0.4, -0.2) is 35.5 Å². The van der Waals surface area contributed by atoms with Gasteiger partial charge in [0.25, 0.3) is 0 Å². The van der Waals surface area contributed by atoms with Gasteiger partial charge < -0.3 is 5.32 Å². The number of hydrogen-bond donors (Lipinski definition) is 1. The Labute approximate surface area is 97.9 Å². The van der Waals surface area contributed by atoms with E-state index in [1.807, 2.05) is 0 Å². The molecule has 1 aliphatic carbocycles. The molecule has 1 N–H and O–H groups in total. The molecule has 0 atom stereocenters. The number of carbonyl (C=O) groups excluding carboxylic acids is 1. The first-order valence-electron chi connectivity index (χ1n) is 6.32. The van der Waals surface area contributed by atoms with E-state index < -0.39 is 0 Å². The minimum Gasteiger partial charge on any atom is -0.350 e. The molecule has 0 aromatic rings. The molecule has 0 aromatic carbocycles. The Morgan fingerprint density at radius 1 is 1.44 bits per heavy atom. The topological polar surface area (TPSA) is 32.3 Å². The first-order chi connectivity index (χ1) is 7.64. The van der Waals surface area contributed by atoms with Crippen LogP contribution in [0, 0.1) is 0 Å². The fourth-order valence-corrected chi connectivity index (χ4v) is 2.82. The standard InChI is InChI=1S/C13H22N2O/c1-3-12(16)14-11-5-7-13(2,8-6-11)15-9-4-10-15/h3,11H,1,4-10H2,2H3,(H,14,16). The largest absolute Gasteiger partial charge is 0.350 e. The summed E-state index contributed by atoms with van der Waals surface area (Å²) in [5, 5.41) is 3.01. The van der Waals surface area contributed by atoms with Crippen LogP contribution >= 0.6 is 0 Å². The lowest BCUT2D eigenvalue weighted by Crippen LogP contribution is -2.56. The van der Waals surface area contributed by atoms with Crippen molar-refractivity contribution in [1.29, 1.82) is 0 Å². The van der Waals surface area contributed by atoms with Gasteiger partial charge in [0, 0.05) is 11.6 Å². The molecule has 90 valence electrons. The summed E-state index contributed by atoms with van der Waals surface area (Å²) < 4.78 is 0. The third kappa shape index (κ3) is 2.29. The number of likely N-dealkylation sites (tertiary alicyclic amines) is 1. The monoisotopic (exact) mass is 222 g/mol. The van der Waals surface area contributed by atoms with Gasteiger partial charge in [-0.2, -0.15) is 0 Å². The lowest BCUT2D eigenvalue weighted by atomic mass is 9.78. The molecule has 0 radical (unpaired) electrons. The number of carbonyl (C=O) groups is 1. The van der Waals surface area contributed by atoms with E-state index >= 15 is 0 Å². The molecule has 0 aromatic heterocycles. The lowest BCUT2D eigenvalue weighted by molar-refractivity contribution is -0.117. The molecule has 0 unspecified atom stereocenters. The third-order valence-electron chi connectivity index (χ3n) is 4.21. The van der Waals surface area contributed by atoms with Gasteiger partial charge >= 0.3 is 0 Å². The zero-order valence-electron chi connectivity index (χ0n) is 10.2. The first-order valence-corrected chi connectivity index (χ1v) is 6.32. The van der Waals surface area contributed by atoms with Crippen LogP contribution < -0.4 is 5.32 Å². The normalized spacial score (nSPS) is 35.2. The number of hydrogen-bond acceptors (Lipinski definition) is 2. The highest BCUT2D eigenvalue weighted by Gasteiger charge is 2.38. The van der Waals surface area contributed by atoms with Crippen LogP contribution in [0.1, 0.15) is 39.0 Å². The van der Waals surface area contributed by atoms with Crippen molar-refractivity contribution in [2.24, 2.45) is 0 Å². The summed E-state index contributed by atoms with van der Waals surface area (Å²) in [6.07, 6.45) is 7.33. The summed E-state index contributed by atoms with van der Waals surface area (Å²) in [5.74, 6) is -0.0300. The van der Waals surface area contributed by atoms with Crippen molar-refractivity contribution in [2.75, 3.05) is 13.1 Å². The van der Waals surface area contributed by atoms with Crippen LogP contribution in [0.15, 0.2) is 12.7 Å². The van der Waals surface area contributed by atoms with Crippen molar-refractivity contribution < 1.29 is 4.79 Å². The maximum absolute atomic E-state index is 11.2. The molecule has 1 saturated carbocycles. The molecule has 1 saturated heterocycles. The average molecular weight is 222 g/mol. The van der Waals surface area contributed by atoms with Crippen molar-refractivity contribution in [3.8, 4) is 0 Å².